The number of nitrogens with one attached hydrogen (secondary N) is 1. The fourth-order valence-electron chi connectivity index (χ4n) is 4.39. The zero-order chi connectivity index (χ0) is 31.9. The van der Waals surface area contributed by atoms with Gasteiger partial charge in [-0.2, -0.15) is 13.2 Å². The maximum Gasteiger partial charge on any atom is 0.417 e. The van der Waals surface area contributed by atoms with Gasteiger partial charge in [0.05, 0.1) is 21.2 Å². The fraction of sp³-hybridized carbons (Fsp3) is 0.355. The van der Waals surface area contributed by atoms with Crippen molar-refractivity contribution in [1.29, 1.82) is 0 Å². The van der Waals surface area contributed by atoms with Crippen LogP contribution in [0, 0.1) is 6.92 Å². The van der Waals surface area contributed by atoms with Crippen molar-refractivity contribution in [2.45, 2.75) is 70.2 Å². The van der Waals surface area contributed by atoms with Crippen LogP contribution in [0.2, 0.25) is 5.02 Å². The molecule has 2 atom stereocenters. The summed E-state index contributed by atoms with van der Waals surface area (Å²) in [4.78, 5) is 28.4. The van der Waals surface area contributed by atoms with E-state index in [4.69, 9.17) is 11.6 Å². The molecule has 0 saturated heterocycles. The number of benzene rings is 3. The molecule has 0 spiro atoms. The molecule has 0 aliphatic rings. The van der Waals surface area contributed by atoms with Crippen molar-refractivity contribution in [2.24, 2.45) is 0 Å². The van der Waals surface area contributed by atoms with Gasteiger partial charge in [0.15, 0.2) is 0 Å². The van der Waals surface area contributed by atoms with E-state index in [1.165, 1.54) is 17.0 Å². The standard InChI is InChI=1S/C31H35ClF3N3O4S/c1-5-22(4)36-30(40)28(6-2)37(19-23-10-8-7-9-11-23)29(39)20-38(43(41,42)25-15-12-21(3)13-16-25)24-14-17-27(32)26(18-24)31(33,34)35/h7-18,22,28H,5-6,19-20H2,1-4H3,(H,36,40). The molecule has 0 aliphatic carbocycles. The third-order valence-electron chi connectivity index (χ3n) is 7.01. The largest absolute Gasteiger partial charge is 0.417 e. The second-order valence-electron chi connectivity index (χ2n) is 10.2. The summed E-state index contributed by atoms with van der Waals surface area (Å²) in [7, 11) is -4.55. The lowest BCUT2D eigenvalue weighted by Gasteiger charge is -2.34. The first-order valence-electron chi connectivity index (χ1n) is 13.8. The number of aryl methyl sites for hydroxylation is 1. The summed E-state index contributed by atoms with van der Waals surface area (Å²) in [6.07, 6.45) is -4.02. The van der Waals surface area contributed by atoms with E-state index < -0.39 is 56.9 Å². The number of carbonyl (C=O) groups is 2. The van der Waals surface area contributed by atoms with E-state index in [0.29, 0.717) is 22.4 Å². The minimum Gasteiger partial charge on any atom is -0.352 e. The highest BCUT2D eigenvalue weighted by molar-refractivity contribution is 7.92. The van der Waals surface area contributed by atoms with Gasteiger partial charge in [-0.25, -0.2) is 8.42 Å². The molecular formula is C31H35ClF3N3O4S. The average Bonchev–Trinajstić information content (AvgIpc) is 2.96. The Morgan fingerprint density at radius 2 is 1.58 bits per heavy atom. The van der Waals surface area contributed by atoms with Gasteiger partial charge in [0.1, 0.15) is 12.6 Å². The molecule has 3 aromatic carbocycles. The molecule has 0 radical (unpaired) electrons. The van der Waals surface area contributed by atoms with Crippen LogP contribution in [0.5, 0.6) is 0 Å². The molecule has 1 N–H and O–H groups in total. The smallest absolute Gasteiger partial charge is 0.352 e. The first-order chi connectivity index (χ1) is 20.2. The number of alkyl halides is 3. The van der Waals surface area contributed by atoms with Gasteiger partial charge in [0.2, 0.25) is 11.8 Å². The van der Waals surface area contributed by atoms with E-state index in [1.54, 1.807) is 56.3 Å². The molecule has 0 heterocycles. The third kappa shape index (κ3) is 8.51. The van der Waals surface area contributed by atoms with Gasteiger partial charge < -0.3 is 10.2 Å². The number of hydrogen-bond acceptors (Lipinski definition) is 4. The second kappa shape index (κ2) is 14.3. The van der Waals surface area contributed by atoms with Crippen molar-refractivity contribution in [2.75, 3.05) is 10.8 Å². The first-order valence-corrected chi connectivity index (χ1v) is 15.6. The van der Waals surface area contributed by atoms with Crippen molar-refractivity contribution in [3.8, 4) is 0 Å². The maximum absolute atomic E-state index is 14.1. The number of rotatable bonds is 12. The van der Waals surface area contributed by atoms with Crippen LogP contribution in [0.25, 0.3) is 0 Å². The topological polar surface area (TPSA) is 86.8 Å². The molecule has 0 aliphatic heterocycles. The molecule has 3 aromatic rings. The van der Waals surface area contributed by atoms with E-state index in [9.17, 15) is 31.2 Å². The Morgan fingerprint density at radius 1 is 0.953 bits per heavy atom. The van der Waals surface area contributed by atoms with Crippen LogP contribution >= 0.6 is 11.6 Å². The number of anilines is 1. The summed E-state index contributed by atoms with van der Waals surface area (Å²) in [6, 6.07) is 16.1. The Morgan fingerprint density at radius 3 is 2.14 bits per heavy atom. The second-order valence-corrected chi connectivity index (χ2v) is 12.5. The minimum atomic E-state index is -4.88. The minimum absolute atomic E-state index is 0.0288. The van der Waals surface area contributed by atoms with Crippen molar-refractivity contribution in [3.63, 3.8) is 0 Å². The van der Waals surface area contributed by atoms with Gasteiger partial charge in [-0.05, 0) is 62.6 Å². The van der Waals surface area contributed by atoms with E-state index in [-0.39, 0.29) is 23.9 Å². The van der Waals surface area contributed by atoms with E-state index in [1.807, 2.05) is 13.8 Å². The lowest BCUT2D eigenvalue weighted by atomic mass is 10.1. The van der Waals surface area contributed by atoms with Gasteiger partial charge in [-0.3, -0.25) is 13.9 Å². The highest BCUT2D eigenvalue weighted by Crippen LogP contribution is 2.38. The Labute approximate surface area is 255 Å². The molecule has 2 unspecified atom stereocenters. The first kappa shape index (κ1) is 33.9. The molecule has 2 amide bonds. The van der Waals surface area contributed by atoms with E-state index >= 15 is 0 Å². The van der Waals surface area contributed by atoms with Crippen LogP contribution in [0.3, 0.4) is 0 Å². The molecule has 0 bridgehead atoms. The summed E-state index contributed by atoms with van der Waals surface area (Å²) < 4.78 is 69.9. The lowest BCUT2D eigenvalue weighted by molar-refractivity contribution is -0.140. The van der Waals surface area contributed by atoms with Gasteiger partial charge in [-0.1, -0.05) is 73.5 Å². The quantitative estimate of drug-likeness (QED) is 0.243. The number of sulfonamides is 1. The molecule has 0 fully saturated rings. The average molecular weight is 638 g/mol. The molecule has 12 heteroatoms. The highest BCUT2D eigenvalue weighted by atomic mass is 35.5. The Balaban J connectivity index is 2.14. The van der Waals surface area contributed by atoms with Crippen LogP contribution in [-0.4, -0.2) is 43.8 Å². The fourth-order valence-corrected chi connectivity index (χ4v) is 6.02. The number of amides is 2. The predicted octanol–water partition coefficient (Wildman–Crippen LogP) is 6.58. The zero-order valence-corrected chi connectivity index (χ0v) is 25.9. The van der Waals surface area contributed by atoms with Gasteiger partial charge in [0, 0.05) is 12.6 Å². The van der Waals surface area contributed by atoms with Crippen molar-refractivity contribution in [3.05, 3.63) is 94.5 Å². The third-order valence-corrected chi connectivity index (χ3v) is 9.13. The molecule has 7 nitrogen and oxygen atoms in total. The summed E-state index contributed by atoms with van der Waals surface area (Å²) in [5.74, 6) is -1.19. The van der Waals surface area contributed by atoms with Crippen LogP contribution in [-0.2, 0) is 32.3 Å². The Kier molecular flexibility index (Phi) is 11.3. The SMILES string of the molecule is CCC(C)NC(=O)C(CC)N(Cc1ccccc1)C(=O)CN(c1ccc(Cl)c(C(F)(F)F)c1)S(=O)(=O)c1ccc(C)cc1. The van der Waals surface area contributed by atoms with Gasteiger partial charge in [-0.15, -0.1) is 0 Å². The zero-order valence-electron chi connectivity index (χ0n) is 24.4. The van der Waals surface area contributed by atoms with Crippen LogP contribution in [0.1, 0.15) is 50.3 Å². The summed E-state index contributed by atoms with van der Waals surface area (Å²) in [5.41, 5.74) is -0.199. The maximum atomic E-state index is 14.1. The van der Waals surface area contributed by atoms with Crippen LogP contribution in [0.4, 0.5) is 18.9 Å². The van der Waals surface area contributed by atoms with Gasteiger partial charge >= 0.3 is 6.18 Å². The van der Waals surface area contributed by atoms with Crippen molar-refractivity contribution in [1.82, 2.24) is 10.2 Å². The molecule has 0 saturated carbocycles. The van der Waals surface area contributed by atoms with Crippen LogP contribution in [0.15, 0.2) is 77.7 Å². The number of carbonyl (C=O) groups excluding carboxylic acids is 2. The van der Waals surface area contributed by atoms with E-state index in [0.717, 1.165) is 17.7 Å². The lowest BCUT2D eigenvalue weighted by Crippen LogP contribution is -2.53. The molecule has 3 rings (SSSR count). The molecular weight excluding hydrogens is 603 g/mol. The van der Waals surface area contributed by atoms with E-state index in [2.05, 4.69) is 5.32 Å². The number of nitrogens with zero attached hydrogens (tertiary/aromatic N) is 2. The number of hydrogen-bond donors (Lipinski definition) is 1. The van der Waals surface area contributed by atoms with Gasteiger partial charge in [0.25, 0.3) is 10.0 Å². The predicted molar refractivity (Wildman–Crippen MR) is 161 cm³/mol. The normalized spacial score (nSPS) is 13.2. The highest BCUT2D eigenvalue weighted by Gasteiger charge is 2.37. The molecule has 232 valence electrons. The summed E-state index contributed by atoms with van der Waals surface area (Å²) >= 11 is 5.82. The summed E-state index contributed by atoms with van der Waals surface area (Å²) in [6.45, 7) is 6.30. The summed E-state index contributed by atoms with van der Waals surface area (Å²) in [5, 5.41) is 2.26. The Hall–Kier alpha value is -3.57. The van der Waals surface area contributed by atoms with Crippen molar-refractivity contribution >= 4 is 39.1 Å². The monoisotopic (exact) mass is 637 g/mol. The molecule has 0 aromatic heterocycles. The molecule has 43 heavy (non-hydrogen) atoms. The Bertz CT molecular complexity index is 1520. The van der Waals surface area contributed by atoms with Crippen LogP contribution < -0.4 is 9.62 Å². The number of halogens is 4. The van der Waals surface area contributed by atoms with Crippen molar-refractivity contribution < 1.29 is 31.2 Å².